The summed E-state index contributed by atoms with van der Waals surface area (Å²) in [5.74, 6) is 0.277. The number of amides is 2. The topological polar surface area (TPSA) is 61.4 Å². The van der Waals surface area contributed by atoms with Crippen LogP contribution in [0.5, 0.6) is 0 Å². The minimum atomic E-state index is -0.0856. The fourth-order valence-electron chi connectivity index (χ4n) is 1.49. The maximum atomic E-state index is 11.6. The number of likely N-dealkylation sites (N-methyl/N-ethyl adjacent to an activating group) is 1. The Bertz CT molecular complexity index is 449. The normalized spacial score (nSPS) is 10.3. The predicted molar refractivity (Wildman–Crippen MR) is 80.6 cm³/mol. The Balaban J connectivity index is 2.61. The second-order valence-electron chi connectivity index (χ2n) is 4.35. The summed E-state index contributed by atoms with van der Waals surface area (Å²) in [6, 6.07) is 7.11. The molecular formula is C13H19N3O2S. The van der Waals surface area contributed by atoms with E-state index in [0.717, 1.165) is 0 Å². The molecule has 0 spiro atoms. The van der Waals surface area contributed by atoms with Crippen molar-refractivity contribution < 1.29 is 9.59 Å². The van der Waals surface area contributed by atoms with E-state index >= 15 is 0 Å². The van der Waals surface area contributed by atoms with Crippen LogP contribution in [0, 0.1) is 0 Å². The average Bonchev–Trinajstić information content (AvgIpc) is 2.28. The van der Waals surface area contributed by atoms with Crippen LogP contribution < -0.4 is 10.6 Å². The average molecular weight is 281 g/mol. The molecule has 1 rings (SSSR count). The van der Waals surface area contributed by atoms with Crippen LogP contribution in [-0.2, 0) is 9.59 Å². The molecule has 0 saturated carbocycles. The van der Waals surface area contributed by atoms with Gasteiger partial charge in [0.1, 0.15) is 0 Å². The summed E-state index contributed by atoms with van der Waals surface area (Å²) in [5.41, 5.74) is 1.36. The summed E-state index contributed by atoms with van der Waals surface area (Å²) < 4.78 is 0. The van der Waals surface area contributed by atoms with Crippen LogP contribution in [0.2, 0.25) is 0 Å². The fourth-order valence-corrected chi connectivity index (χ4v) is 1.82. The monoisotopic (exact) mass is 281 g/mol. The third kappa shape index (κ3) is 6.26. The zero-order valence-electron chi connectivity index (χ0n) is 11.4. The summed E-state index contributed by atoms with van der Waals surface area (Å²) in [6.45, 7) is 0.322. The zero-order chi connectivity index (χ0) is 14.3. The first kappa shape index (κ1) is 15.5. The lowest BCUT2D eigenvalue weighted by Gasteiger charge is -2.11. The highest BCUT2D eigenvalue weighted by Crippen LogP contribution is 2.15. The van der Waals surface area contributed by atoms with Crippen molar-refractivity contribution in [2.24, 2.45) is 0 Å². The highest BCUT2D eigenvalue weighted by atomic mass is 32.2. The van der Waals surface area contributed by atoms with Gasteiger partial charge in [0.25, 0.3) is 0 Å². The second-order valence-corrected chi connectivity index (χ2v) is 5.21. The van der Waals surface area contributed by atoms with Gasteiger partial charge in [0.05, 0.1) is 12.3 Å². The van der Waals surface area contributed by atoms with Crippen LogP contribution in [0.25, 0.3) is 0 Å². The first-order valence-electron chi connectivity index (χ1n) is 5.84. The minimum Gasteiger partial charge on any atom is -0.325 e. The van der Waals surface area contributed by atoms with E-state index in [-0.39, 0.29) is 11.8 Å². The molecule has 0 bridgehead atoms. The van der Waals surface area contributed by atoms with Crippen molar-refractivity contribution in [3.05, 3.63) is 24.3 Å². The maximum absolute atomic E-state index is 11.6. The van der Waals surface area contributed by atoms with Gasteiger partial charge in [0, 0.05) is 11.4 Å². The third-order valence-corrected chi connectivity index (χ3v) is 2.72. The van der Waals surface area contributed by atoms with Crippen molar-refractivity contribution in [2.75, 3.05) is 43.3 Å². The van der Waals surface area contributed by atoms with Crippen molar-refractivity contribution in [3.63, 3.8) is 0 Å². The lowest BCUT2D eigenvalue weighted by Crippen LogP contribution is -2.27. The van der Waals surface area contributed by atoms with Gasteiger partial charge in [-0.05, 0) is 38.6 Å². The van der Waals surface area contributed by atoms with Crippen LogP contribution in [0.15, 0.2) is 24.3 Å². The number of carbonyl (C=O) groups is 2. The molecule has 6 heteroatoms. The first-order valence-corrected chi connectivity index (χ1v) is 7.24. The molecule has 0 fully saturated rings. The van der Waals surface area contributed by atoms with E-state index in [4.69, 9.17) is 0 Å². The van der Waals surface area contributed by atoms with Crippen molar-refractivity contribution in [2.45, 2.75) is 0 Å². The number of benzene rings is 1. The molecule has 1 aromatic rings. The fraction of sp³-hybridized carbons (Fsp3) is 0.385. The number of hydrogen-bond donors (Lipinski definition) is 2. The van der Waals surface area contributed by atoms with Crippen LogP contribution >= 0.6 is 11.8 Å². The molecule has 19 heavy (non-hydrogen) atoms. The molecule has 2 N–H and O–H groups in total. The highest BCUT2D eigenvalue weighted by Gasteiger charge is 2.05. The molecule has 0 atom stereocenters. The molecule has 0 heterocycles. The molecule has 2 amide bonds. The summed E-state index contributed by atoms with van der Waals surface area (Å²) in [7, 11) is 3.66. The number of carbonyl (C=O) groups excluding carboxylic acids is 2. The van der Waals surface area contributed by atoms with E-state index in [1.54, 1.807) is 29.2 Å². The number of nitrogens with one attached hydrogen (secondary N) is 2. The predicted octanol–water partition coefficient (Wildman–Crippen LogP) is 1.49. The molecule has 0 aliphatic heterocycles. The van der Waals surface area contributed by atoms with Gasteiger partial charge in [-0.25, -0.2) is 0 Å². The number of thioether (sulfide) groups is 1. The molecule has 0 aliphatic rings. The summed E-state index contributed by atoms with van der Waals surface area (Å²) in [4.78, 5) is 24.9. The molecule has 0 unspecified atom stereocenters. The van der Waals surface area contributed by atoms with Crippen LogP contribution in [0.1, 0.15) is 0 Å². The van der Waals surface area contributed by atoms with Crippen LogP contribution in [0.4, 0.5) is 11.4 Å². The lowest BCUT2D eigenvalue weighted by molar-refractivity contribution is -0.117. The number of rotatable bonds is 6. The van der Waals surface area contributed by atoms with E-state index in [0.29, 0.717) is 23.7 Å². The maximum Gasteiger partial charge on any atom is 0.238 e. The van der Waals surface area contributed by atoms with Crippen molar-refractivity contribution >= 4 is 35.0 Å². The van der Waals surface area contributed by atoms with Crippen LogP contribution in [-0.4, -0.2) is 49.4 Å². The number of anilines is 2. The van der Waals surface area contributed by atoms with Gasteiger partial charge in [0.15, 0.2) is 0 Å². The third-order valence-electron chi connectivity index (χ3n) is 2.17. The molecule has 104 valence electrons. The van der Waals surface area contributed by atoms with Gasteiger partial charge in [0.2, 0.25) is 11.8 Å². The molecule has 1 aromatic carbocycles. The second kappa shape index (κ2) is 7.81. The summed E-state index contributed by atoms with van der Waals surface area (Å²) in [5, 5.41) is 5.56. The van der Waals surface area contributed by atoms with Gasteiger partial charge in [-0.15, -0.1) is 0 Å². The molecule has 0 aliphatic carbocycles. The Labute approximate surface area is 117 Å². The van der Waals surface area contributed by atoms with E-state index in [1.807, 2.05) is 20.4 Å². The Morgan fingerprint density at radius 1 is 1.16 bits per heavy atom. The van der Waals surface area contributed by atoms with Crippen LogP contribution in [0.3, 0.4) is 0 Å². The lowest BCUT2D eigenvalue weighted by atomic mass is 10.2. The van der Waals surface area contributed by atoms with Gasteiger partial charge in [-0.3, -0.25) is 9.59 Å². The van der Waals surface area contributed by atoms with Gasteiger partial charge >= 0.3 is 0 Å². The van der Waals surface area contributed by atoms with Crippen molar-refractivity contribution in [1.82, 2.24) is 4.90 Å². The molecule has 5 nitrogen and oxygen atoms in total. The Morgan fingerprint density at radius 3 is 2.26 bits per heavy atom. The molecule has 0 radical (unpaired) electrons. The molecule has 0 aromatic heterocycles. The van der Waals surface area contributed by atoms with E-state index < -0.39 is 0 Å². The minimum absolute atomic E-state index is 0.0516. The quantitative estimate of drug-likeness (QED) is 0.829. The Kier molecular flexibility index (Phi) is 6.38. The van der Waals surface area contributed by atoms with Gasteiger partial charge in [-0.1, -0.05) is 6.07 Å². The summed E-state index contributed by atoms with van der Waals surface area (Å²) in [6.07, 6.45) is 1.87. The number of nitrogens with zero attached hydrogens (tertiary/aromatic N) is 1. The number of hydrogen-bond acceptors (Lipinski definition) is 4. The largest absolute Gasteiger partial charge is 0.325 e. The SMILES string of the molecule is CSCC(=O)Nc1cccc(NC(=O)CN(C)C)c1. The first-order chi connectivity index (χ1) is 9.01. The van der Waals surface area contributed by atoms with Crippen molar-refractivity contribution in [1.29, 1.82) is 0 Å². The van der Waals surface area contributed by atoms with Gasteiger partial charge in [-0.2, -0.15) is 11.8 Å². The molecular weight excluding hydrogens is 262 g/mol. The smallest absolute Gasteiger partial charge is 0.238 e. The summed E-state index contributed by atoms with van der Waals surface area (Å²) >= 11 is 1.46. The standard InChI is InChI=1S/C13H19N3O2S/c1-16(2)8-12(17)14-10-5-4-6-11(7-10)15-13(18)9-19-3/h4-7H,8-9H2,1-3H3,(H,14,17)(H,15,18). The van der Waals surface area contributed by atoms with Crippen molar-refractivity contribution in [3.8, 4) is 0 Å². The Morgan fingerprint density at radius 2 is 1.74 bits per heavy atom. The zero-order valence-corrected chi connectivity index (χ0v) is 12.2. The Hall–Kier alpha value is -1.53. The van der Waals surface area contributed by atoms with E-state index in [2.05, 4.69) is 10.6 Å². The molecule has 0 saturated heterocycles. The highest BCUT2D eigenvalue weighted by molar-refractivity contribution is 7.99. The van der Waals surface area contributed by atoms with E-state index in [1.165, 1.54) is 11.8 Å². The van der Waals surface area contributed by atoms with E-state index in [9.17, 15) is 9.59 Å². The van der Waals surface area contributed by atoms with Gasteiger partial charge < -0.3 is 15.5 Å².